The van der Waals surface area contributed by atoms with Gasteiger partial charge in [0.2, 0.25) is 0 Å². The van der Waals surface area contributed by atoms with Crippen molar-refractivity contribution in [3.8, 4) is 0 Å². The molecule has 1 aromatic carbocycles. The van der Waals surface area contributed by atoms with Crippen molar-refractivity contribution in [1.82, 2.24) is 4.90 Å². The lowest BCUT2D eigenvalue weighted by atomic mass is 10.0. The molecule has 1 atom stereocenters. The lowest BCUT2D eigenvalue weighted by Gasteiger charge is -2.29. The van der Waals surface area contributed by atoms with Crippen LogP contribution in [-0.4, -0.2) is 18.0 Å². The third-order valence-electron chi connectivity index (χ3n) is 4.41. The summed E-state index contributed by atoms with van der Waals surface area (Å²) in [7, 11) is 0. The van der Waals surface area contributed by atoms with Crippen molar-refractivity contribution >= 4 is 11.3 Å². The maximum absolute atomic E-state index is 6.12. The molecule has 0 aliphatic carbocycles. The second-order valence-corrected chi connectivity index (χ2v) is 6.95. The molecule has 1 aliphatic rings. The van der Waals surface area contributed by atoms with Crippen molar-refractivity contribution < 1.29 is 0 Å². The van der Waals surface area contributed by atoms with E-state index in [0.717, 1.165) is 19.5 Å². The summed E-state index contributed by atoms with van der Waals surface area (Å²) in [5.41, 5.74) is 9.11. The average molecular weight is 300 g/mol. The van der Waals surface area contributed by atoms with E-state index in [0.29, 0.717) is 12.6 Å². The second kappa shape index (κ2) is 6.73. The Balaban J connectivity index is 1.84. The number of nitrogens with zero attached hydrogens (tertiary/aromatic N) is 1. The highest BCUT2D eigenvalue weighted by molar-refractivity contribution is 7.12. The molecule has 0 spiro atoms. The van der Waals surface area contributed by atoms with Gasteiger partial charge in [0.1, 0.15) is 0 Å². The topological polar surface area (TPSA) is 29.3 Å². The molecule has 0 saturated heterocycles. The molecule has 0 saturated carbocycles. The number of rotatable bonds is 4. The van der Waals surface area contributed by atoms with E-state index in [9.17, 15) is 0 Å². The Labute approximate surface area is 131 Å². The van der Waals surface area contributed by atoms with Gasteiger partial charge in [-0.1, -0.05) is 31.2 Å². The predicted octanol–water partition coefficient (Wildman–Crippen LogP) is 3.76. The zero-order valence-electron chi connectivity index (χ0n) is 12.7. The van der Waals surface area contributed by atoms with E-state index in [2.05, 4.69) is 48.2 Å². The monoisotopic (exact) mass is 300 g/mol. The van der Waals surface area contributed by atoms with Gasteiger partial charge in [-0.25, -0.2) is 0 Å². The summed E-state index contributed by atoms with van der Waals surface area (Å²) >= 11 is 1.93. The third-order valence-corrected chi connectivity index (χ3v) is 5.74. The molecule has 3 heteroatoms. The molecule has 3 rings (SSSR count). The average Bonchev–Trinajstić information content (AvgIpc) is 2.88. The fourth-order valence-corrected chi connectivity index (χ4v) is 4.30. The third kappa shape index (κ3) is 3.20. The maximum Gasteiger partial charge on any atom is 0.0567 e. The summed E-state index contributed by atoms with van der Waals surface area (Å²) in [6, 6.07) is 13.7. The minimum atomic E-state index is 0.362. The number of nitrogens with two attached hydrogens (primary N) is 1. The van der Waals surface area contributed by atoms with Crippen LogP contribution in [0, 0.1) is 0 Å². The molecule has 0 amide bonds. The van der Waals surface area contributed by atoms with E-state index in [1.807, 2.05) is 11.3 Å². The highest BCUT2D eigenvalue weighted by Crippen LogP contribution is 2.31. The lowest BCUT2D eigenvalue weighted by Crippen LogP contribution is -2.33. The van der Waals surface area contributed by atoms with Crippen LogP contribution in [0.5, 0.6) is 0 Å². The van der Waals surface area contributed by atoms with Crippen LogP contribution in [0.15, 0.2) is 36.4 Å². The largest absolute Gasteiger partial charge is 0.329 e. The fraction of sp³-hybridized carbons (Fsp3) is 0.444. The van der Waals surface area contributed by atoms with Gasteiger partial charge in [0, 0.05) is 22.8 Å². The minimum Gasteiger partial charge on any atom is -0.329 e. The van der Waals surface area contributed by atoms with Gasteiger partial charge in [0.25, 0.3) is 0 Å². The molecule has 2 aromatic rings. The van der Waals surface area contributed by atoms with Crippen LogP contribution in [0.1, 0.15) is 40.3 Å². The van der Waals surface area contributed by atoms with E-state index in [1.165, 1.54) is 33.7 Å². The van der Waals surface area contributed by atoms with Gasteiger partial charge in [-0.3, -0.25) is 4.90 Å². The van der Waals surface area contributed by atoms with Crippen LogP contribution in [0.2, 0.25) is 0 Å². The Hall–Kier alpha value is -1.16. The first kappa shape index (κ1) is 14.8. The van der Waals surface area contributed by atoms with E-state index in [4.69, 9.17) is 5.73 Å². The summed E-state index contributed by atoms with van der Waals surface area (Å²) in [4.78, 5) is 5.45. The van der Waals surface area contributed by atoms with Gasteiger partial charge in [0.05, 0.1) is 6.04 Å². The molecule has 2 nitrogen and oxygen atoms in total. The van der Waals surface area contributed by atoms with E-state index >= 15 is 0 Å². The molecule has 1 unspecified atom stereocenters. The lowest BCUT2D eigenvalue weighted by molar-refractivity contribution is 0.198. The molecule has 0 fully saturated rings. The van der Waals surface area contributed by atoms with Gasteiger partial charge < -0.3 is 5.73 Å². The van der Waals surface area contributed by atoms with Crippen molar-refractivity contribution in [1.29, 1.82) is 0 Å². The Bertz CT molecular complexity index is 590. The van der Waals surface area contributed by atoms with Crippen molar-refractivity contribution in [2.24, 2.45) is 5.73 Å². The summed E-state index contributed by atoms with van der Waals surface area (Å²) in [6.45, 7) is 5.08. The number of hydrogen-bond acceptors (Lipinski definition) is 3. The molecule has 21 heavy (non-hydrogen) atoms. The molecule has 2 N–H and O–H groups in total. The van der Waals surface area contributed by atoms with E-state index in [-0.39, 0.29) is 0 Å². The van der Waals surface area contributed by atoms with Crippen molar-refractivity contribution in [2.75, 3.05) is 13.1 Å². The molecular weight excluding hydrogens is 276 g/mol. The van der Waals surface area contributed by atoms with Gasteiger partial charge in [0.15, 0.2) is 0 Å². The Morgan fingerprint density at radius 3 is 2.71 bits per heavy atom. The predicted molar refractivity (Wildman–Crippen MR) is 90.7 cm³/mol. The number of fused-ring (bicyclic) bond motifs is 1. The molecule has 112 valence electrons. The smallest absolute Gasteiger partial charge is 0.0567 e. The maximum atomic E-state index is 6.12. The van der Waals surface area contributed by atoms with Gasteiger partial charge in [-0.2, -0.15) is 0 Å². The van der Waals surface area contributed by atoms with Crippen LogP contribution in [0.3, 0.4) is 0 Å². The van der Waals surface area contributed by atoms with Crippen molar-refractivity contribution in [2.45, 2.75) is 38.8 Å². The summed E-state index contributed by atoms with van der Waals surface area (Å²) in [6.07, 6.45) is 3.53. The van der Waals surface area contributed by atoms with Crippen molar-refractivity contribution in [3.63, 3.8) is 0 Å². The Kier molecular flexibility index (Phi) is 4.73. The van der Waals surface area contributed by atoms with E-state index < -0.39 is 0 Å². The summed E-state index contributed by atoms with van der Waals surface area (Å²) < 4.78 is 0. The zero-order chi connectivity index (χ0) is 14.7. The van der Waals surface area contributed by atoms with Crippen LogP contribution in [-0.2, 0) is 19.4 Å². The number of hydrogen-bond donors (Lipinski definition) is 1. The summed E-state index contributed by atoms with van der Waals surface area (Å²) in [5, 5.41) is 0. The number of thiophene rings is 1. The first-order valence-electron chi connectivity index (χ1n) is 7.91. The van der Waals surface area contributed by atoms with Gasteiger partial charge in [-0.15, -0.1) is 11.3 Å². The molecule has 0 radical (unpaired) electrons. The fourth-order valence-electron chi connectivity index (χ4n) is 3.20. The normalized spacial score (nSPS) is 17.2. The Morgan fingerprint density at radius 1 is 1.19 bits per heavy atom. The second-order valence-electron chi connectivity index (χ2n) is 5.75. The summed E-state index contributed by atoms with van der Waals surface area (Å²) in [5.74, 6) is 0. The SMILES string of the molecule is CCc1ccc(C(CN)N2CCCc3ccccc3C2)s1. The standard InChI is InChI=1S/C18H24N2S/c1-2-16-9-10-18(21-16)17(12-19)20-11-5-8-14-6-3-4-7-15(14)13-20/h3-4,6-7,9-10,17H,2,5,8,11-13,19H2,1H3. The zero-order valence-corrected chi connectivity index (χ0v) is 13.5. The molecule has 1 aromatic heterocycles. The molecule has 1 aliphatic heterocycles. The van der Waals surface area contributed by atoms with Gasteiger partial charge in [-0.05, 0) is 49.1 Å². The van der Waals surface area contributed by atoms with E-state index in [1.54, 1.807) is 0 Å². The van der Waals surface area contributed by atoms with Crippen LogP contribution < -0.4 is 5.73 Å². The number of benzene rings is 1. The minimum absolute atomic E-state index is 0.362. The van der Waals surface area contributed by atoms with Crippen LogP contribution >= 0.6 is 11.3 Å². The molecule has 2 heterocycles. The Morgan fingerprint density at radius 2 is 2.00 bits per heavy atom. The highest BCUT2D eigenvalue weighted by Gasteiger charge is 2.23. The first-order chi connectivity index (χ1) is 10.3. The van der Waals surface area contributed by atoms with Gasteiger partial charge >= 0.3 is 0 Å². The van der Waals surface area contributed by atoms with Crippen molar-refractivity contribution in [3.05, 3.63) is 57.3 Å². The molecule has 0 bridgehead atoms. The number of aryl methyl sites for hydroxylation is 2. The quantitative estimate of drug-likeness (QED) is 0.931. The first-order valence-corrected chi connectivity index (χ1v) is 8.73. The van der Waals surface area contributed by atoms with Crippen LogP contribution in [0.4, 0.5) is 0 Å². The highest BCUT2D eigenvalue weighted by atomic mass is 32.1. The van der Waals surface area contributed by atoms with Crippen LogP contribution in [0.25, 0.3) is 0 Å². The molecular formula is C18H24N2S.